The van der Waals surface area contributed by atoms with Gasteiger partial charge in [-0.05, 0) is 47.5 Å². The zero-order valence-corrected chi connectivity index (χ0v) is 31.7. The molecular weight excluding hydrogens is 672 g/mol. The van der Waals surface area contributed by atoms with E-state index in [0.29, 0.717) is 15.9 Å². The van der Waals surface area contributed by atoms with E-state index in [2.05, 4.69) is 45.0 Å². The number of benzene rings is 5. The zero-order chi connectivity index (χ0) is 36.5. The van der Waals surface area contributed by atoms with E-state index in [1.54, 1.807) is 44.2 Å². The van der Waals surface area contributed by atoms with Crippen LogP contribution in [-0.4, -0.2) is 39.6 Å². The van der Waals surface area contributed by atoms with E-state index in [-0.39, 0.29) is 29.4 Å². The fraction of sp³-hybridized carbons (Fsp3) is 0.209. The Bertz CT molecular complexity index is 1910. The average molecular weight is 717 g/mol. The summed E-state index contributed by atoms with van der Waals surface area (Å²) in [5.41, 5.74) is 0.458. The minimum Gasteiger partial charge on any atom is -0.463 e. The van der Waals surface area contributed by atoms with Gasteiger partial charge in [-0.2, -0.15) is 0 Å². The summed E-state index contributed by atoms with van der Waals surface area (Å²) >= 11 is 0. The maximum atomic E-state index is 15.3. The molecule has 0 heterocycles. The number of hydrogen-bond acceptors (Lipinski definition) is 6. The van der Waals surface area contributed by atoms with E-state index in [4.69, 9.17) is 13.9 Å². The second-order valence-corrected chi connectivity index (χ2v) is 20.3. The van der Waals surface area contributed by atoms with E-state index in [0.717, 1.165) is 10.4 Å². The van der Waals surface area contributed by atoms with Crippen LogP contribution in [0.15, 0.2) is 157 Å². The van der Waals surface area contributed by atoms with Gasteiger partial charge < -0.3 is 18.5 Å². The molecule has 0 unspecified atom stereocenters. The lowest BCUT2D eigenvalue weighted by atomic mass is 10.2. The van der Waals surface area contributed by atoms with Crippen molar-refractivity contribution in [1.82, 2.24) is 0 Å². The third-order valence-electron chi connectivity index (χ3n) is 8.88. The molecule has 1 atom stereocenters. The Morgan fingerprint density at radius 1 is 0.706 bits per heavy atom. The van der Waals surface area contributed by atoms with E-state index >= 15 is 4.57 Å². The molecule has 0 amide bonds. The van der Waals surface area contributed by atoms with Crippen molar-refractivity contribution in [3.05, 3.63) is 163 Å². The van der Waals surface area contributed by atoms with Gasteiger partial charge in [0, 0.05) is 21.5 Å². The number of carbonyl (C=O) groups is 2. The van der Waals surface area contributed by atoms with Gasteiger partial charge in [0.15, 0.2) is 7.14 Å². The van der Waals surface area contributed by atoms with Gasteiger partial charge in [-0.15, -0.1) is 0 Å². The highest BCUT2D eigenvalue weighted by molar-refractivity contribution is 7.85. The first kappa shape index (κ1) is 37.4. The van der Waals surface area contributed by atoms with E-state index in [9.17, 15) is 9.59 Å². The zero-order valence-electron chi connectivity index (χ0n) is 29.8. The Kier molecular flexibility index (Phi) is 12.1. The predicted molar refractivity (Wildman–Crippen MR) is 209 cm³/mol. The first-order valence-electron chi connectivity index (χ1n) is 17.1. The van der Waals surface area contributed by atoms with Crippen molar-refractivity contribution in [1.29, 1.82) is 0 Å². The molecule has 0 saturated carbocycles. The van der Waals surface area contributed by atoms with Crippen LogP contribution in [0.25, 0.3) is 0 Å². The fourth-order valence-corrected chi connectivity index (χ4v) is 13.9. The largest absolute Gasteiger partial charge is 0.463 e. The summed E-state index contributed by atoms with van der Waals surface area (Å²) in [6.45, 7) is 10.0. The van der Waals surface area contributed by atoms with Crippen LogP contribution in [0, 0.1) is 0 Å². The molecule has 51 heavy (non-hydrogen) atoms. The maximum absolute atomic E-state index is 15.3. The molecule has 262 valence electrons. The molecule has 5 rings (SSSR count). The third-order valence-corrected chi connectivity index (χ3v) is 17.0. The van der Waals surface area contributed by atoms with Crippen molar-refractivity contribution in [3.63, 3.8) is 0 Å². The van der Waals surface area contributed by atoms with Crippen molar-refractivity contribution in [2.24, 2.45) is 0 Å². The summed E-state index contributed by atoms with van der Waals surface area (Å²) in [5.74, 6) is -1.19. The fourth-order valence-electron chi connectivity index (χ4n) is 6.50. The van der Waals surface area contributed by atoms with E-state index < -0.39 is 33.5 Å². The molecule has 0 bridgehead atoms. The summed E-state index contributed by atoms with van der Waals surface area (Å²) in [7, 11) is -6.57. The van der Waals surface area contributed by atoms with Crippen LogP contribution in [0.3, 0.4) is 0 Å². The summed E-state index contributed by atoms with van der Waals surface area (Å²) in [5, 5.41) is 3.36. The summed E-state index contributed by atoms with van der Waals surface area (Å²) < 4.78 is 34.1. The summed E-state index contributed by atoms with van der Waals surface area (Å²) in [4.78, 5) is 27.2. The molecule has 5 aromatic rings. The van der Waals surface area contributed by atoms with E-state index in [1.807, 2.05) is 97.1 Å². The van der Waals surface area contributed by atoms with Crippen LogP contribution in [-0.2, 0) is 23.3 Å². The summed E-state index contributed by atoms with van der Waals surface area (Å²) in [6.07, 6.45) is 0.606. The van der Waals surface area contributed by atoms with Crippen molar-refractivity contribution in [3.8, 4) is 0 Å². The number of esters is 2. The van der Waals surface area contributed by atoms with Gasteiger partial charge in [0.1, 0.15) is 6.10 Å². The third kappa shape index (κ3) is 8.07. The van der Waals surface area contributed by atoms with Crippen LogP contribution in [0.5, 0.6) is 0 Å². The topological polar surface area (TPSA) is 78.9 Å². The van der Waals surface area contributed by atoms with Crippen LogP contribution < -0.4 is 26.3 Å². The monoisotopic (exact) mass is 716 g/mol. The van der Waals surface area contributed by atoms with Crippen molar-refractivity contribution in [2.45, 2.75) is 45.8 Å². The molecule has 0 aliphatic rings. The Balaban J connectivity index is 1.59. The maximum Gasteiger partial charge on any atom is 0.339 e. The number of carbonyl (C=O) groups excluding carboxylic acids is 2. The van der Waals surface area contributed by atoms with Crippen LogP contribution >= 0.6 is 7.14 Å². The lowest BCUT2D eigenvalue weighted by Crippen LogP contribution is -2.67. The quantitative estimate of drug-likeness (QED) is 0.0569. The van der Waals surface area contributed by atoms with Gasteiger partial charge in [-0.1, -0.05) is 154 Å². The van der Waals surface area contributed by atoms with Gasteiger partial charge in [0.05, 0.1) is 18.8 Å². The van der Waals surface area contributed by atoms with Crippen molar-refractivity contribution >= 4 is 53.7 Å². The van der Waals surface area contributed by atoms with Crippen molar-refractivity contribution in [2.75, 3.05) is 13.2 Å². The smallest absolute Gasteiger partial charge is 0.339 e. The number of rotatable bonds is 13. The molecule has 0 spiro atoms. The molecule has 0 aliphatic heterocycles. The Hall–Kier alpha value is -4.81. The average Bonchev–Trinajstić information content (AvgIpc) is 3.15. The molecule has 0 N–H and O–H groups in total. The molecule has 5 aromatic carbocycles. The van der Waals surface area contributed by atoms with Gasteiger partial charge in [-0.25, -0.2) is 9.59 Å². The van der Waals surface area contributed by atoms with Gasteiger partial charge in [-0.3, -0.25) is 0 Å². The molecule has 6 nitrogen and oxygen atoms in total. The molecule has 0 aliphatic carbocycles. The van der Waals surface area contributed by atoms with Crippen LogP contribution in [0.2, 0.25) is 5.04 Å². The Labute approximate surface area is 302 Å². The van der Waals surface area contributed by atoms with Gasteiger partial charge in [0.2, 0.25) is 0 Å². The second-order valence-electron chi connectivity index (χ2n) is 13.3. The predicted octanol–water partition coefficient (Wildman–Crippen LogP) is 6.94. The number of hydrogen-bond donors (Lipinski definition) is 0. The van der Waals surface area contributed by atoms with Gasteiger partial charge >= 0.3 is 11.9 Å². The highest BCUT2D eigenvalue weighted by Crippen LogP contribution is 2.43. The lowest BCUT2D eigenvalue weighted by Gasteiger charge is -2.43. The SMILES string of the molecule is CCOC(=O)/C(C)=C/[C@@H](CO[Si](c1ccccc1)(c1ccccc1)C(C)(C)C)OC(=O)c1ccccc1P(=O)(c1ccccc1)c1ccccc1. The minimum atomic E-state index is -3.52. The van der Waals surface area contributed by atoms with Gasteiger partial charge in [0.25, 0.3) is 8.32 Å². The first-order chi connectivity index (χ1) is 24.5. The summed E-state index contributed by atoms with van der Waals surface area (Å²) in [6, 6.07) is 45.6. The molecular formula is C43H45O6PSi. The first-order valence-corrected chi connectivity index (χ1v) is 20.8. The normalized spacial score (nSPS) is 12.9. The lowest BCUT2D eigenvalue weighted by molar-refractivity contribution is -0.138. The highest BCUT2D eigenvalue weighted by Gasteiger charge is 2.50. The molecule has 0 radical (unpaired) electrons. The highest BCUT2D eigenvalue weighted by atomic mass is 31.2. The number of ether oxygens (including phenoxy) is 2. The van der Waals surface area contributed by atoms with Crippen LogP contribution in [0.1, 0.15) is 45.0 Å². The standard InChI is InChI=1S/C43H45O6PSi/c1-6-47-41(44)33(2)31-34(32-48-51(43(3,4)5,37-25-15-9-16-26-37)38-27-17-10-18-28-38)49-42(45)39-29-19-20-30-40(39)50(46,35-21-11-7-12-22-35)36-23-13-8-14-24-36/h7-31,34H,6,32H2,1-5H3/b33-31+/t34-/m0/s1. The van der Waals surface area contributed by atoms with Crippen molar-refractivity contribution < 1.29 is 28.1 Å². The molecule has 0 saturated heterocycles. The molecule has 0 aromatic heterocycles. The van der Waals surface area contributed by atoms with Crippen LogP contribution in [0.4, 0.5) is 0 Å². The van der Waals surface area contributed by atoms with E-state index in [1.165, 1.54) is 0 Å². The molecule has 8 heteroatoms. The molecule has 0 fully saturated rings. The second kappa shape index (κ2) is 16.5. The minimum absolute atomic E-state index is 0.0348. The Morgan fingerprint density at radius 2 is 1.16 bits per heavy atom. The Morgan fingerprint density at radius 3 is 1.63 bits per heavy atom.